The molecule has 0 fully saturated rings. The average Bonchev–Trinajstić information content (AvgIpc) is 2.72. The van der Waals surface area contributed by atoms with E-state index in [1.54, 1.807) is 30.3 Å². The third kappa shape index (κ3) is 6.53. The van der Waals surface area contributed by atoms with Crippen LogP contribution in [0.25, 0.3) is 0 Å². The number of primary amides is 1. The Labute approximate surface area is 168 Å². The maximum atomic E-state index is 12.1. The molecule has 0 aliphatic carbocycles. The van der Waals surface area contributed by atoms with Crippen LogP contribution in [-0.2, 0) is 9.53 Å². The van der Waals surface area contributed by atoms with Gasteiger partial charge in [-0.25, -0.2) is 4.79 Å². The van der Waals surface area contributed by atoms with Crippen LogP contribution in [0, 0.1) is 0 Å². The van der Waals surface area contributed by atoms with Crippen LogP contribution in [0.4, 0.5) is 5.69 Å². The van der Waals surface area contributed by atoms with E-state index in [0.29, 0.717) is 23.6 Å². The fraction of sp³-hybridized carbons (Fsp3) is 0.286. The summed E-state index contributed by atoms with van der Waals surface area (Å²) in [5, 5.41) is 2.64. The van der Waals surface area contributed by atoms with Crippen LogP contribution >= 0.6 is 0 Å². The van der Waals surface area contributed by atoms with Gasteiger partial charge in [-0.2, -0.15) is 0 Å². The highest BCUT2D eigenvalue weighted by molar-refractivity contribution is 5.96. The number of nitrogens with one attached hydrogen (secondary N) is 1. The molecule has 0 aliphatic heterocycles. The molecule has 0 unspecified atom stereocenters. The first-order valence-corrected chi connectivity index (χ1v) is 9.12. The molecule has 0 aliphatic rings. The van der Waals surface area contributed by atoms with Crippen molar-refractivity contribution in [3.63, 3.8) is 0 Å². The van der Waals surface area contributed by atoms with Gasteiger partial charge in [0.1, 0.15) is 11.5 Å². The summed E-state index contributed by atoms with van der Waals surface area (Å²) in [5.74, 6) is -0.911. The molecule has 2 aromatic rings. The number of hydrogen-bond donors (Lipinski definition) is 2. The molecule has 8 heteroatoms. The predicted octanol–water partition coefficient (Wildman–Crippen LogP) is 2.77. The van der Waals surface area contributed by atoms with E-state index in [2.05, 4.69) is 5.32 Å². The van der Waals surface area contributed by atoms with E-state index in [1.807, 2.05) is 6.92 Å². The average molecular weight is 400 g/mol. The molecule has 0 spiro atoms. The Bertz CT molecular complexity index is 864. The van der Waals surface area contributed by atoms with E-state index < -0.39 is 17.8 Å². The molecule has 8 nitrogen and oxygen atoms in total. The van der Waals surface area contributed by atoms with E-state index in [4.69, 9.17) is 19.9 Å². The molecule has 3 N–H and O–H groups in total. The summed E-state index contributed by atoms with van der Waals surface area (Å²) in [4.78, 5) is 35.5. The van der Waals surface area contributed by atoms with E-state index in [1.165, 1.54) is 19.2 Å². The molecule has 0 saturated carbocycles. The topological polar surface area (TPSA) is 117 Å². The van der Waals surface area contributed by atoms with E-state index in [9.17, 15) is 14.4 Å². The van der Waals surface area contributed by atoms with Crippen LogP contribution in [-0.4, -0.2) is 38.1 Å². The van der Waals surface area contributed by atoms with E-state index in [-0.39, 0.29) is 17.9 Å². The zero-order valence-corrected chi connectivity index (χ0v) is 16.4. The molecule has 0 bridgehead atoms. The Morgan fingerprint density at radius 3 is 2.41 bits per heavy atom. The highest BCUT2D eigenvalue weighted by Crippen LogP contribution is 2.24. The number of benzene rings is 2. The second-order valence-electron chi connectivity index (χ2n) is 6.13. The van der Waals surface area contributed by atoms with Crippen molar-refractivity contribution in [3.8, 4) is 11.5 Å². The van der Waals surface area contributed by atoms with Crippen LogP contribution in [0.3, 0.4) is 0 Å². The quantitative estimate of drug-likeness (QED) is 0.468. The third-order valence-electron chi connectivity index (χ3n) is 3.95. The van der Waals surface area contributed by atoms with Gasteiger partial charge in [-0.3, -0.25) is 9.59 Å². The zero-order valence-electron chi connectivity index (χ0n) is 16.4. The number of rotatable bonds is 10. The summed E-state index contributed by atoms with van der Waals surface area (Å²) in [6.45, 7) is 2.05. The van der Waals surface area contributed by atoms with Gasteiger partial charge >= 0.3 is 5.97 Å². The lowest BCUT2D eigenvalue weighted by Crippen LogP contribution is -2.21. The minimum Gasteiger partial charge on any atom is -0.497 e. The third-order valence-corrected chi connectivity index (χ3v) is 3.95. The first kappa shape index (κ1) is 21.7. The molecular formula is C21H24N2O6. The molecule has 0 heterocycles. The lowest BCUT2D eigenvalue weighted by atomic mass is 10.2. The number of esters is 1. The van der Waals surface area contributed by atoms with Crippen LogP contribution in [0.5, 0.6) is 11.5 Å². The Morgan fingerprint density at radius 2 is 1.79 bits per heavy atom. The van der Waals surface area contributed by atoms with Gasteiger partial charge in [-0.15, -0.1) is 0 Å². The fourth-order valence-corrected chi connectivity index (χ4v) is 2.38. The number of ether oxygens (including phenoxy) is 3. The summed E-state index contributed by atoms with van der Waals surface area (Å²) >= 11 is 0. The largest absolute Gasteiger partial charge is 0.497 e. The van der Waals surface area contributed by atoms with Crippen molar-refractivity contribution in [1.82, 2.24) is 0 Å². The lowest BCUT2D eigenvalue weighted by Gasteiger charge is -2.11. The van der Waals surface area contributed by atoms with Gasteiger partial charge in [0, 0.05) is 11.8 Å². The molecule has 0 aromatic heterocycles. The maximum absolute atomic E-state index is 12.1. The monoisotopic (exact) mass is 400 g/mol. The molecule has 2 amide bonds. The summed E-state index contributed by atoms with van der Waals surface area (Å²) in [7, 11) is 1.47. The van der Waals surface area contributed by atoms with Gasteiger partial charge in [0.2, 0.25) is 0 Å². The minimum absolute atomic E-state index is 0.143. The Kier molecular flexibility index (Phi) is 8.02. The standard InChI is InChI=1S/C21H24N2O6/c1-3-4-11-28-21(26)14-5-7-15(8-6-14)23-19(24)13-29-18-12-16(27-2)9-10-17(18)20(22)25/h5-10,12H,3-4,11,13H2,1-2H3,(H2,22,25)(H,23,24). The molecule has 29 heavy (non-hydrogen) atoms. The normalized spacial score (nSPS) is 10.1. The fourth-order valence-electron chi connectivity index (χ4n) is 2.38. The van der Waals surface area contributed by atoms with Gasteiger partial charge in [0.25, 0.3) is 11.8 Å². The molecule has 0 saturated heterocycles. The van der Waals surface area contributed by atoms with Crippen molar-refractivity contribution in [3.05, 3.63) is 53.6 Å². The van der Waals surface area contributed by atoms with Gasteiger partial charge < -0.3 is 25.3 Å². The van der Waals surface area contributed by atoms with Crippen molar-refractivity contribution in [2.75, 3.05) is 25.6 Å². The zero-order chi connectivity index (χ0) is 21.2. The highest BCUT2D eigenvalue weighted by atomic mass is 16.5. The summed E-state index contributed by atoms with van der Waals surface area (Å²) < 4.78 is 15.6. The number of unbranched alkanes of at least 4 members (excludes halogenated alkanes) is 1. The van der Waals surface area contributed by atoms with Gasteiger partial charge in [0.15, 0.2) is 6.61 Å². The summed E-state index contributed by atoms with van der Waals surface area (Å²) in [5.41, 5.74) is 6.35. The number of nitrogens with two attached hydrogens (primary N) is 1. The first-order chi connectivity index (χ1) is 13.9. The second-order valence-corrected chi connectivity index (χ2v) is 6.13. The number of methoxy groups -OCH3 is 1. The minimum atomic E-state index is -0.676. The Morgan fingerprint density at radius 1 is 1.07 bits per heavy atom. The summed E-state index contributed by atoms with van der Waals surface area (Å²) in [6, 6.07) is 10.8. The van der Waals surface area contributed by atoms with Gasteiger partial charge in [0.05, 0.1) is 24.8 Å². The number of amides is 2. The van der Waals surface area contributed by atoms with E-state index in [0.717, 1.165) is 12.8 Å². The molecule has 0 atom stereocenters. The van der Waals surface area contributed by atoms with Crippen LogP contribution in [0.1, 0.15) is 40.5 Å². The Hall–Kier alpha value is -3.55. The predicted molar refractivity (Wildman–Crippen MR) is 107 cm³/mol. The highest BCUT2D eigenvalue weighted by Gasteiger charge is 2.13. The van der Waals surface area contributed by atoms with Crippen molar-refractivity contribution < 1.29 is 28.6 Å². The Balaban J connectivity index is 1.93. The summed E-state index contributed by atoms with van der Waals surface area (Å²) in [6.07, 6.45) is 1.75. The van der Waals surface area contributed by atoms with Gasteiger partial charge in [-0.1, -0.05) is 13.3 Å². The SMILES string of the molecule is CCCCOC(=O)c1ccc(NC(=O)COc2cc(OC)ccc2C(N)=O)cc1. The van der Waals surface area contributed by atoms with Crippen LogP contribution in [0.2, 0.25) is 0 Å². The molecule has 2 aromatic carbocycles. The van der Waals surface area contributed by atoms with Gasteiger partial charge in [-0.05, 0) is 42.8 Å². The lowest BCUT2D eigenvalue weighted by molar-refractivity contribution is -0.118. The van der Waals surface area contributed by atoms with E-state index >= 15 is 0 Å². The first-order valence-electron chi connectivity index (χ1n) is 9.12. The molecular weight excluding hydrogens is 376 g/mol. The van der Waals surface area contributed by atoms with Crippen molar-refractivity contribution in [1.29, 1.82) is 0 Å². The van der Waals surface area contributed by atoms with Crippen molar-refractivity contribution >= 4 is 23.5 Å². The van der Waals surface area contributed by atoms with Crippen LogP contribution in [0.15, 0.2) is 42.5 Å². The second kappa shape index (κ2) is 10.7. The smallest absolute Gasteiger partial charge is 0.338 e. The number of carbonyl (C=O) groups is 3. The maximum Gasteiger partial charge on any atom is 0.338 e. The number of hydrogen-bond acceptors (Lipinski definition) is 6. The van der Waals surface area contributed by atoms with Crippen LogP contribution < -0.4 is 20.5 Å². The number of carbonyl (C=O) groups excluding carboxylic acids is 3. The molecule has 2 rings (SSSR count). The number of anilines is 1. The van der Waals surface area contributed by atoms with Crippen molar-refractivity contribution in [2.45, 2.75) is 19.8 Å². The molecule has 0 radical (unpaired) electrons. The molecule has 154 valence electrons. The van der Waals surface area contributed by atoms with Crippen molar-refractivity contribution in [2.24, 2.45) is 5.73 Å².